The smallest absolute Gasteiger partial charge is 0.322 e. The van der Waals surface area contributed by atoms with Crippen molar-refractivity contribution in [2.45, 2.75) is 38.4 Å². The van der Waals surface area contributed by atoms with Gasteiger partial charge in [0.1, 0.15) is 0 Å². The zero-order valence-electron chi connectivity index (χ0n) is 22.8. The summed E-state index contributed by atoms with van der Waals surface area (Å²) in [7, 11) is -3.95. The third-order valence-corrected chi connectivity index (χ3v) is 8.07. The number of nitrogens with zero attached hydrogens (tertiary/aromatic N) is 3. The fraction of sp³-hybridized carbons (Fsp3) is 0.167. The second-order valence-corrected chi connectivity index (χ2v) is 11.7. The molecule has 0 radical (unpaired) electrons. The molecule has 0 fully saturated rings. The maximum absolute atomic E-state index is 14.1. The van der Waals surface area contributed by atoms with Crippen molar-refractivity contribution < 1.29 is 26.4 Å². The molecule has 0 spiro atoms. The van der Waals surface area contributed by atoms with E-state index >= 15 is 0 Å². The van der Waals surface area contributed by atoms with Gasteiger partial charge in [-0.1, -0.05) is 35.9 Å². The van der Waals surface area contributed by atoms with E-state index in [1.165, 1.54) is 18.2 Å². The average Bonchev–Trinajstić information content (AvgIpc) is 3.36. The molecule has 0 saturated carbocycles. The molecule has 42 heavy (non-hydrogen) atoms. The lowest BCUT2D eigenvalue weighted by Crippen LogP contribution is -2.24. The van der Waals surface area contributed by atoms with Crippen LogP contribution in [0.5, 0.6) is 0 Å². The highest BCUT2D eigenvalue weighted by Gasteiger charge is 2.35. The van der Waals surface area contributed by atoms with Gasteiger partial charge in [0.25, 0.3) is 5.91 Å². The molecule has 0 aliphatic heterocycles. The van der Waals surface area contributed by atoms with Crippen LogP contribution in [-0.4, -0.2) is 28.7 Å². The van der Waals surface area contributed by atoms with E-state index in [1.54, 1.807) is 61.0 Å². The summed E-state index contributed by atoms with van der Waals surface area (Å²) >= 11 is 0. The minimum Gasteiger partial charge on any atom is -0.322 e. The molecule has 1 amide bonds. The predicted molar refractivity (Wildman–Crippen MR) is 152 cm³/mol. The maximum atomic E-state index is 14.1. The summed E-state index contributed by atoms with van der Waals surface area (Å²) in [5.74, 6) is -0.473. The van der Waals surface area contributed by atoms with Crippen LogP contribution in [0.25, 0.3) is 17.0 Å². The number of aryl methyl sites for hydroxylation is 3. The van der Waals surface area contributed by atoms with E-state index in [-0.39, 0.29) is 10.5 Å². The van der Waals surface area contributed by atoms with E-state index < -0.39 is 39.8 Å². The largest absolute Gasteiger partial charge is 0.417 e. The van der Waals surface area contributed by atoms with Crippen molar-refractivity contribution in [1.82, 2.24) is 19.1 Å². The van der Waals surface area contributed by atoms with Gasteiger partial charge in [0, 0.05) is 36.4 Å². The summed E-state index contributed by atoms with van der Waals surface area (Å²) in [5.41, 5.74) is 2.27. The van der Waals surface area contributed by atoms with Gasteiger partial charge in [0.15, 0.2) is 0 Å². The zero-order valence-corrected chi connectivity index (χ0v) is 23.6. The first kappa shape index (κ1) is 29.0. The molecule has 5 rings (SSSR count). The molecule has 0 unspecified atom stereocenters. The number of benzene rings is 3. The highest BCUT2D eigenvalue weighted by molar-refractivity contribution is 7.89. The molecular weight excluding hydrogens is 567 g/mol. The summed E-state index contributed by atoms with van der Waals surface area (Å²) in [5, 5.41) is 2.59. The van der Waals surface area contributed by atoms with Gasteiger partial charge in [-0.25, -0.2) is 23.1 Å². The summed E-state index contributed by atoms with van der Waals surface area (Å²) in [6.45, 7) is 5.03. The molecule has 216 valence electrons. The zero-order chi connectivity index (χ0) is 30.2. The Morgan fingerprint density at radius 2 is 1.67 bits per heavy atom. The van der Waals surface area contributed by atoms with Crippen molar-refractivity contribution in [2.75, 3.05) is 5.32 Å². The van der Waals surface area contributed by atoms with Crippen molar-refractivity contribution in [3.63, 3.8) is 0 Å². The Bertz CT molecular complexity index is 1920. The van der Waals surface area contributed by atoms with Crippen molar-refractivity contribution in [3.05, 3.63) is 113 Å². The number of imidazole rings is 1. The number of hydrogen-bond donors (Lipinski definition) is 2. The number of fused-ring (bicyclic) bond motifs is 1. The summed E-state index contributed by atoms with van der Waals surface area (Å²) in [6, 6.07) is 14.4. The number of carbonyl (C=O) groups excluding carboxylic acids is 1. The molecule has 0 atom stereocenters. The van der Waals surface area contributed by atoms with Gasteiger partial charge >= 0.3 is 6.18 Å². The number of alkyl halides is 3. The molecule has 3 aromatic carbocycles. The molecule has 0 saturated heterocycles. The van der Waals surface area contributed by atoms with Crippen LogP contribution >= 0.6 is 0 Å². The van der Waals surface area contributed by atoms with Gasteiger partial charge in [0.05, 0.1) is 21.7 Å². The number of rotatable bonds is 7. The lowest BCUT2D eigenvalue weighted by molar-refractivity contribution is -0.137. The number of hydrogen-bond acceptors (Lipinski definition) is 5. The highest BCUT2D eigenvalue weighted by atomic mass is 32.2. The number of halogens is 3. The predicted octanol–water partition coefficient (Wildman–Crippen LogP) is 6.07. The van der Waals surface area contributed by atoms with E-state index in [0.717, 1.165) is 23.3 Å². The molecule has 0 aliphatic carbocycles. The SMILES string of the molecule is Cc1ccc(S(=O)(=O)NCc2ccc(C(=O)Nc3cc(-c4cn5cc(C)cnc5n4)ccc3C)c(C(F)(F)F)c2)cc1. The van der Waals surface area contributed by atoms with E-state index in [9.17, 15) is 26.4 Å². The van der Waals surface area contributed by atoms with Gasteiger partial charge in [-0.2, -0.15) is 13.2 Å². The Balaban J connectivity index is 1.39. The molecule has 12 heteroatoms. The normalized spacial score (nSPS) is 12.0. The van der Waals surface area contributed by atoms with E-state index in [2.05, 4.69) is 20.0 Å². The molecule has 8 nitrogen and oxygen atoms in total. The number of sulfonamides is 1. The Kier molecular flexibility index (Phi) is 7.60. The van der Waals surface area contributed by atoms with Gasteiger partial charge in [-0.3, -0.25) is 9.20 Å². The van der Waals surface area contributed by atoms with Crippen LogP contribution in [-0.2, 0) is 22.7 Å². The van der Waals surface area contributed by atoms with Crippen molar-refractivity contribution in [3.8, 4) is 11.3 Å². The monoisotopic (exact) mass is 593 g/mol. The lowest BCUT2D eigenvalue weighted by atomic mass is 10.0. The van der Waals surface area contributed by atoms with Crippen LogP contribution in [0.15, 0.2) is 84.1 Å². The summed E-state index contributed by atoms with van der Waals surface area (Å²) < 4.78 is 71.5. The minimum absolute atomic E-state index is 0.00670. The first-order valence-electron chi connectivity index (χ1n) is 12.8. The number of anilines is 1. The third kappa shape index (κ3) is 6.19. The Labute approximate surface area is 240 Å². The van der Waals surface area contributed by atoms with Crippen molar-refractivity contribution >= 4 is 27.4 Å². The topological polar surface area (TPSA) is 105 Å². The second kappa shape index (κ2) is 11.0. The standard InChI is InChI=1S/C30H26F3N5O3S/c1-18-4-9-23(10-5-18)42(40,41)35-15-21-7-11-24(25(12-21)30(31,32)33)28(39)36-26-13-22(8-6-20(26)3)27-17-38-16-19(2)14-34-29(38)37-27/h4-14,16-17,35H,15H2,1-3H3,(H,36,39). The van der Waals surface area contributed by atoms with Gasteiger partial charge in [-0.05, 0) is 67.8 Å². The average molecular weight is 594 g/mol. The van der Waals surface area contributed by atoms with Crippen LogP contribution in [0.4, 0.5) is 18.9 Å². The number of nitrogens with one attached hydrogen (secondary N) is 2. The number of aromatic nitrogens is 3. The van der Waals surface area contributed by atoms with Crippen LogP contribution in [0, 0.1) is 20.8 Å². The Morgan fingerprint density at radius 3 is 2.38 bits per heavy atom. The maximum Gasteiger partial charge on any atom is 0.417 e. The first-order valence-corrected chi connectivity index (χ1v) is 14.3. The van der Waals surface area contributed by atoms with E-state index in [4.69, 9.17) is 0 Å². The molecule has 5 aromatic rings. The van der Waals surface area contributed by atoms with Crippen molar-refractivity contribution in [2.24, 2.45) is 0 Å². The number of amides is 1. The molecule has 2 aromatic heterocycles. The molecule has 2 heterocycles. The second-order valence-electron chi connectivity index (χ2n) is 9.96. The Hall–Kier alpha value is -4.55. The van der Waals surface area contributed by atoms with Crippen LogP contribution in [0.3, 0.4) is 0 Å². The fourth-order valence-electron chi connectivity index (χ4n) is 4.34. The van der Waals surface area contributed by atoms with E-state index in [1.807, 2.05) is 13.1 Å². The van der Waals surface area contributed by atoms with Crippen LogP contribution < -0.4 is 10.0 Å². The molecule has 2 N–H and O–H groups in total. The van der Waals surface area contributed by atoms with Gasteiger partial charge < -0.3 is 5.32 Å². The highest BCUT2D eigenvalue weighted by Crippen LogP contribution is 2.34. The quantitative estimate of drug-likeness (QED) is 0.238. The summed E-state index contributed by atoms with van der Waals surface area (Å²) in [4.78, 5) is 21.9. The van der Waals surface area contributed by atoms with Crippen LogP contribution in [0.2, 0.25) is 0 Å². The van der Waals surface area contributed by atoms with Gasteiger partial charge in [0.2, 0.25) is 15.8 Å². The lowest BCUT2D eigenvalue weighted by Gasteiger charge is -2.16. The van der Waals surface area contributed by atoms with Gasteiger partial charge in [-0.15, -0.1) is 0 Å². The van der Waals surface area contributed by atoms with Crippen LogP contribution in [0.1, 0.15) is 38.2 Å². The molecule has 0 bridgehead atoms. The van der Waals surface area contributed by atoms with E-state index in [0.29, 0.717) is 28.3 Å². The first-order chi connectivity index (χ1) is 19.8. The molecular formula is C30H26F3N5O3S. The third-order valence-electron chi connectivity index (χ3n) is 6.65. The molecule has 0 aliphatic rings. The fourth-order valence-corrected chi connectivity index (χ4v) is 5.36. The Morgan fingerprint density at radius 1 is 0.929 bits per heavy atom. The van der Waals surface area contributed by atoms with Crippen molar-refractivity contribution in [1.29, 1.82) is 0 Å². The minimum atomic E-state index is -4.86. The summed E-state index contributed by atoms with van der Waals surface area (Å²) in [6.07, 6.45) is 0.469. The number of carbonyl (C=O) groups is 1.